The zero-order valence-corrected chi connectivity index (χ0v) is 36.5. The van der Waals surface area contributed by atoms with Gasteiger partial charge in [0.05, 0.1) is 11.5 Å². The summed E-state index contributed by atoms with van der Waals surface area (Å²) in [6.07, 6.45) is 6.07. The van der Waals surface area contributed by atoms with E-state index in [-0.39, 0.29) is 34.8 Å². The Bertz CT molecular complexity index is 2230. The topological polar surface area (TPSA) is 91.1 Å². The van der Waals surface area contributed by atoms with Crippen LogP contribution in [-0.2, 0) is 35.8 Å². The number of pyridine rings is 2. The first kappa shape index (κ1) is 42.0. The largest absolute Gasteiger partial charge is 0.341 e. The zero-order valence-electron chi connectivity index (χ0n) is 34.9. The van der Waals surface area contributed by atoms with Crippen LogP contribution in [0.2, 0.25) is 0 Å². The van der Waals surface area contributed by atoms with Gasteiger partial charge in [0.25, 0.3) is 11.1 Å². The van der Waals surface area contributed by atoms with Crippen LogP contribution in [0.3, 0.4) is 0 Å². The molecule has 2 saturated heterocycles. The fourth-order valence-electron chi connectivity index (χ4n) is 9.57. The molecule has 0 saturated carbocycles. The van der Waals surface area contributed by atoms with Crippen molar-refractivity contribution < 1.29 is 9.59 Å². The van der Waals surface area contributed by atoms with Crippen LogP contribution in [0.1, 0.15) is 47.2 Å². The van der Waals surface area contributed by atoms with E-state index in [1.54, 1.807) is 23.5 Å². The third kappa shape index (κ3) is 9.20. The highest BCUT2D eigenvalue weighted by atomic mass is 32.2. The van der Waals surface area contributed by atoms with Gasteiger partial charge >= 0.3 is 0 Å². The second-order valence-electron chi connectivity index (χ2n) is 17.1. The summed E-state index contributed by atoms with van der Waals surface area (Å²) in [6, 6.07) is 24.7. The number of fused-ring (bicyclic) bond motifs is 8. The minimum atomic E-state index is 0.0986. The fraction of sp³-hybridized carbons (Fsp3) is 0.478. The Hall–Kier alpha value is -4.10. The van der Waals surface area contributed by atoms with Gasteiger partial charge in [-0.2, -0.15) is 23.5 Å². The van der Waals surface area contributed by atoms with E-state index >= 15 is 0 Å². The van der Waals surface area contributed by atoms with E-state index in [9.17, 15) is 19.2 Å². The van der Waals surface area contributed by atoms with Gasteiger partial charge < -0.3 is 28.7 Å². The van der Waals surface area contributed by atoms with Crippen molar-refractivity contribution in [1.82, 2.24) is 28.7 Å². The smallest absolute Gasteiger partial charge is 0.258 e. The van der Waals surface area contributed by atoms with E-state index in [1.165, 1.54) is 11.1 Å². The molecule has 2 aromatic carbocycles. The second kappa shape index (κ2) is 18.4. The first-order valence-electron chi connectivity index (χ1n) is 20.4. The lowest BCUT2D eigenvalue weighted by Gasteiger charge is -2.43. The van der Waals surface area contributed by atoms with E-state index in [1.807, 2.05) is 69.8 Å². The molecule has 308 valence electrons. The van der Waals surface area contributed by atoms with Gasteiger partial charge in [-0.25, -0.2) is 0 Å². The molecule has 12 heteroatoms. The molecule has 2 amide bonds. The molecule has 4 atom stereocenters. The predicted molar refractivity (Wildman–Crippen MR) is 239 cm³/mol. The normalized spacial score (nSPS) is 20.6. The number of carbonyl (C=O) groups excluding carboxylic acids is 2. The van der Waals surface area contributed by atoms with Gasteiger partial charge in [-0.15, -0.1) is 0 Å². The number of aromatic nitrogens is 2. The van der Waals surface area contributed by atoms with Gasteiger partial charge in [-0.05, 0) is 112 Å². The number of hydrogen-bond acceptors (Lipinski definition) is 8. The number of carbonyl (C=O) groups is 2. The summed E-state index contributed by atoms with van der Waals surface area (Å²) in [5, 5.41) is 0. The van der Waals surface area contributed by atoms with Crippen molar-refractivity contribution in [3.63, 3.8) is 0 Å². The molecule has 10 nitrogen and oxygen atoms in total. The van der Waals surface area contributed by atoms with E-state index in [2.05, 4.69) is 72.4 Å². The van der Waals surface area contributed by atoms with E-state index in [0.29, 0.717) is 36.4 Å². The number of nitrogens with zero attached hydrogens (tertiary/aromatic N) is 6. The highest BCUT2D eigenvalue weighted by Gasteiger charge is 2.38. The minimum Gasteiger partial charge on any atom is -0.341 e. The van der Waals surface area contributed by atoms with Crippen molar-refractivity contribution in [3.8, 4) is 22.3 Å². The Morgan fingerprint density at radius 3 is 1.60 bits per heavy atom. The number of benzene rings is 2. The molecule has 0 radical (unpaired) electrons. The Labute approximate surface area is 351 Å². The van der Waals surface area contributed by atoms with Gasteiger partial charge in [0, 0.05) is 86.7 Å². The molecule has 0 spiro atoms. The molecular formula is C46H58N6O4S2. The maximum absolute atomic E-state index is 13.5. The number of amides is 2. The van der Waals surface area contributed by atoms with E-state index in [4.69, 9.17) is 0 Å². The lowest BCUT2D eigenvalue weighted by atomic mass is 9.82. The van der Waals surface area contributed by atoms with Crippen molar-refractivity contribution >= 4 is 35.3 Å². The maximum atomic E-state index is 13.5. The van der Waals surface area contributed by atoms with Crippen LogP contribution in [0.4, 0.5) is 0 Å². The number of thioether (sulfide) groups is 2. The zero-order chi connectivity index (χ0) is 41.1. The highest BCUT2D eigenvalue weighted by molar-refractivity contribution is 7.99. The average Bonchev–Trinajstić information content (AvgIpc) is 3.19. The fourth-order valence-corrected chi connectivity index (χ4v) is 10.4. The Morgan fingerprint density at radius 1 is 0.586 bits per heavy atom. The second-order valence-corrected chi connectivity index (χ2v) is 18.8. The molecule has 0 unspecified atom stereocenters. The lowest BCUT2D eigenvalue weighted by molar-refractivity contribution is -0.131. The number of piperidine rings is 2. The molecule has 4 bridgehead atoms. The average molecular weight is 823 g/mol. The maximum Gasteiger partial charge on any atom is 0.258 e. The van der Waals surface area contributed by atoms with E-state index < -0.39 is 0 Å². The quantitative estimate of drug-likeness (QED) is 0.199. The Balaban J connectivity index is 0.000000177. The molecule has 0 N–H and O–H groups in total. The van der Waals surface area contributed by atoms with Crippen molar-refractivity contribution in [1.29, 1.82) is 0 Å². The Kier molecular flexibility index (Phi) is 13.4. The van der Waals surface area contributed by atoms with E-state index in [0.717, 1.165) is 85.8 Å². The van der Waals surface area contributed by atoms with Crippen LogP contribution >= 0.6 is 23.5 Å². The van der Waals surface area contributed by atoms with Crippen molar-refractivity contribution in [2.45, 2.75) is 50.9 Å². The summed E-state index contributed by atoms with van der Waals surface area (Å²) in [6.45, 7) is 6.10. The molecule has 58 heavy (non-hydrogen) atoms. The highest BCUT2D eigenvalue weighted by Crippen LogP contribution is 2.38. The number of rotatable bonds is 10. The molecule has 6 heterocycles. The Morgan fingerprint density at radius 2 is 1.09 bits per heavy atom. The molecule has 0 aliphatic carbocycles. The van der Waals surface area contributed by atoms with Gasteiger partial charge in [-0.1, -0.05) is 48.5 Å². The molecule has 2 fully saturated rings. The lowest BCUT2D eigenvalue weighted by Crippen LogP contribution is -2.49. The summed E-state index contributed by atoms with van der Waals surface area (Å²) in [5.41, 5.74) is 8.31. The first-order valence-corrected chi connectivity index (χ1v) is 23.2. The molecule has 2 aromatic heterocycles. The summed E-state index contributed by atoms with van der Waals surface area (Å²) in [7, 11) is 8.19. The molecular weight excluding hydrogens is 765 g/mol. The first-order chi connectivity index (χ1) is 27.9. The van der Waals surface area contributed by atoms with Crippen molar-refractivity contribution in [2.24, 2.45) is 11.8 Å². The van der Waals surface area contributed by atoms with Gasteiger partial charge in [0.2, 0.25) is 11.8 Å². The van der Waals surface area contributed by atoms with Crippen molar-refractivity contribution in [2.75, 3.05) is 78.4 Å². The minimum absolute atomic E-state index is 0.0986. The molecule has 4 aliphatic rings. The van der Waals surface area contributed by atoms with Crippen LogP contribution in [0.15, 0.2) is 82.4 Å². The standard InChI is InChI=1S/2C23H29N3O2S/c1-24(2)11-16-4-6-18(7-5-16)20-8-9-21-19-10-17(13-26(21)23(20)28)12-25(14-19)22(27)15-29-3;1-24(2)13-17-6-4-5-7-19(17)20-8-9-21-18-10-16(12-26(21)23(20)28)11-25(14-18)22(27)15-29-3/h4-9,17,19H,10-15H2,1-3H3;4-9,16,18H,10-15H2,1-3H3/t17-,19+;16-,18+/m00/s1. The monoisotopic (exact) mass is 822 g/mol. The summed E-state index contributed by atoms with van der Waals surface area (Å²) in [4.78, 5) is 59.8. The third-order valence-electron chi connectivity index (χ3n) is 12.0. The number of likely N-dealkylation sites (tertiary alicyclic amines) is 2. The molecule has 8 rings (SSSR count). The van der Waals surface area contributed by atoms with Gasteiger partial charge in [0.15, 0.2) is 0 Å². The predicted octanol–water partition coefficient (Wildman–Crippen LogP) is 5.77. The SMILES string of the molecule is CSCC(=O)N1C[C@@H]2C[C@H](C1)c1ccc(-c3ccc(CN(C)C)cc3)c(=O)n1C2.CSCC(=O)N1C[C@@H]2C[C@H](C1)c1ccc(-c3ccccc3CN(C)C)c(=O)n1C2. The summed E-state index contributed by atoms with van der Waals surface area (Å²) >= 11 is 3.15. The van der Waals surface area contributed by atoms with Crippen LogP contribution in [-0.4, -0.2) is 119 Å². The van der Waals surface area contributed by atoms with Gasteiger partial charge in [0.1, 0.15) is 0 Å². The van der Waals surface area contributed by atoms with Gasteiger partial charge in [-0.3, -0.25) is 19.2 Å². The van der Waals surface area contributed by atoms with Crippen LogP contribution in [0.5, 0.6) is 0 Å². The summed E-state index contributed by atoms with van der Waals surface area (Å²) < 4.78 is 3.95. The van der Waals surface area contributed by atoms with Crippen LogP contribution in [0.25, 0.3) is 22.3 Å². The van der Waals surface area contributed by atoms with Crippen LogP contribution in [0, 0.1) is 11.8 Å². The van der Waals surface area contributed by atoms with Crippen molar-refractivity contribution in [3.05, 3.63) is 116 Å². The number of hydrogen-bond donors (Lipinski definition) is 0. The summed E-state index contributed by atoms with van der Waals surface area (Å²) in [5.74, 6) is 2.75. The molecule has 4 aliphatic heterocycles. The third-order valence-corrected chi connectivity index (χ3v) is 13.1. The van der Waals surface area contributed by atoms with Crippen LogP contribution < -0.4 is 11.1 Å². The molecule has 4 aromatic rings.